The number of hydrogen-bond donors (Lipinski definition) is 1. The van der Waals surface area contributed by atoms with Crippen LogP contribution in [0, 0.1) is 6.92 Å². The average Bonchev–Trinajstić information content (AvgIpc) is 2.71. The minimum atomic E-state index is -0.197. The third-order valence-corrected chi connectivity index (χ3v) is 6.22. The molecule has 0 saturated heterocycles. The molecule has 4 nitrogen and oxygen atoms in total. The normalized spacial score (nSPS) is 18.4. The highest BCUT2D eigenvalue weighted by Crippen LogP contribution is 2.38. The molecule has 5 heteroatoms. The summed E-state index contributed by atoms with van der Waals surface area (Å²) in [6, 6.07) is 10.5. The minimum Gasteiger partial charge on any atom is -0.443 e. The standard InChI is InChI=1S/C23H22ClNO3/c1-14-6-8-15(9-7-14)11-25-12-19-21-18(10-20(24)22(19)27-13-25)16-4-2-3-5-17(16)23(26)28-21/h6-10H,2-5,11-13H2,1H3/p+1. The summed E-state index contributed by atoms with van der Waals surface area (Å²) in [7, 11) is 0. The Labute approximate surface area is 168 Å². The molecule has 0 fully saturated rings. The second-order valence-electron chi connectivity index (χ2n) is 7.97. The van der Waals surface area contributed by atoms with Crippen molar-refractivity contribution in [1.29, 1.82) is 0 Å². The minimum absolute atomic E-state index is 0.197. The van der Waals surface area contributed by atoms with E-state index < -0.39 is 0 Å². The van der Waals surface area contributed by atoms with Crippen LogP contribution in [0.25, 0.3) is 11.0 Å². The Balaban J connectivity index is 1.58. The van der Waals surface area contributed by atoms with Gasteiger partial charge in [0, 0.05) is 16.5 Å². The number of hydrogen-bond acceptors (Lipinski definition) is 3. The van der Waals surface area contributed by atoms with E-state index in [1.54, 1.807) is 0 Å². The molecule has 0 saturated carbocycles. The van der Waals surface area contributed by atoms with Crippen molar-refractivity contribution < 1.29 is 14.1 Å². The molecule has 1 atom stereocenters. The summed E-state index contributed by atoms with van der Waals surface area (Å²) in [5, 5.41) is 1.59. The topological polar surface area (TPSA) is 43.9 Å². The summed E-state index contributed by atoms with van der Waals surface area (Å²) in [5.41, 5.74) is 5.84. The number of rotatable bonds is 2. The largest absolute Gasteiger partial charge is 0.443 e. The van der Waals surface area contributed by atoms with Crippen LogP contribution in [0.1, 0.15) is 40.7 Å². The number of aryl methyl sites for hydroxylation is 2. The van der Waals surface area contributed by atoms with Gasteiger partial charge < -0.3 is 9.15 Å². The number of ether oxygens (including phenoxy) is 1. The number of quaternary nitrogens is 1. The zero-order chi connectivity index (χ0) is 19.3. The first kappa shape index (κ1) is 17.8. The first-order valence-corrected chi connectivity index (χ1v) is 10.3. The van der Waals surface area contributed by atoms with Gasteiger partial charge in [-0.3, -0.25) is 4.90 Å². The zero-order valence-electron chi connectivity index (χ0n) is 15.9. The first-order chi connectivity index (χ1) is 13.6. The highest BCUT2D eigenvalue weighted by Gasteiger charge is 2.29. The first-order valence-electron chi connectivity index (χ1n) is 9.92. The van der Waals surface area contributed by atoms with E-state index in [4.69, 9.17) is 20.8 Å². The van der Waals surface area contributed by atoms with Crippen molar-refractivity contribution in [2.24, 2.45) is 0 Å². The van der Waals surface area contributed by atoms with Crippen LogP contribution in [0.2, 0.25) is 5.02 Å². The maximum absolute atomic E-state index is 12.6. The summed E-state index contributed by atoms with van der Waals surface area (Å²) >= 11 is 6.57. The van der Waals surface area contributed by atoms with Crippen molar-refractivity contribution in [3.63, 3.8) is 0 Å². The van der Waals surface area contributed by atoms with Crippen LogP contribution in [0.3, 0.4) is 0 Å². The van der Waals surface area contributed by atoms with Crippen molar-refractivity contribution >= 4 is 22.6 Å². The van der Waals surface area contributed by atoms with E-state index in [2.05, 4.69) is 31.2 Å². The molecule has 1 aliphatic heterocycles. The lowest BCUT2D eigenvalue weighted by Gasteiger charge is -2.28. The van der Waals surface area contributed by atoms with Crippen LogP contribution >= 0.6 is 11.6 Å². The molecule has 0 spiro atoms. The van der Waals surface area contributed by atoms with Gasteiger partial charge in [-0.05, 0) is 44.2 Å². The van der Waals surface area contributed by atoms with Gasteiger partial charge in [-0.25, -0.2) is 4.79 Å². The van der Waals surface area contributed by atoms with Gasteiger partial charge in [-0.1, -0.05) is 41.4 Å². The molecule has 1 aromatic heterocycles. The fourth-order valence-corrected chi connectivity index (χ4v) is 4.77. The van der Waals surface area contributed by atoms with Crippen LogP contribution in [-0.4, -0.2) is 6.73 Å². The molecule has 5 rings (SSSR count). The number of nitrogens with one attached hydrogen (secondary N) is 1. The highest BCUT2D eigenvalue weighted by molar-refractivity contribution is 6.33. The van der Waals surface area contributed by atoms with Crippen LogP contribution in [0.15, 0.2) is 39.5 Å². The predicted molar refractivity (Wildman–Crippen MR) is 109 cm³/mol. The Morgan fingerprint density at radius 2 is 1.82 bits per heavy atom. The van der Waals surface area contributed by atoms with Gasteiger partial charge in [0.05, 0.1) is 10.6 Å². The summed E-state index contributed by atoms with van der Waals surface area (Å²) in [5.74, 6) is 0.667. The van der Waals surface area contributed by atoms with Crippen molar-refractivity contribution in [1.82, 2.24) is 0 Å². The average molecular weight is 397 g/mol. The predicted octanol–water partition coefficient (Wildman–Crippen LogP) is 3.57. The lowest BCUT2D eigenvalue weighted by atomic mass is 9.90. The maximum Gasteiger partial charge on any atom is 0.339 e. The van der Waals surface area contributed by atoms with Crippen molar-refractivity contribution in [3.8, 4) is 5.75 Å². The Morgan fingerprint density at radius 1 is 1.07 bits per heavy atom. The third-order valence-electron chi connectivity index (χ3n) is 5.94. The van der Waals surface area contributed by atoms with E-state index >= 15 is 0 Å². The molecule has 28 heavy (non-hydrogen) atoms. The summed E-state index contributed by atoms with van der Waals surface area (Å²) in [6.45, 7) is 4.21. The van der Waals surface area contributed by atoms with Gasteiger partial charge in [0.1, 0.15) is 13.1 Å². The Hall–Kier alpha value is -2.30. The van der Waals surface area contributed by atoms with E-state index in [0.29, 0.717) is 23.1 Å². The van der Waals surface area contributed by atoms with Gasteiger partial charge in [0.25, 0.3) is 0 Å². The Bertz CT molecular complexity index is 1120. The molecule has 2 aliphatic rings. The lowest BCUT2D eigenvalue weighted by molar-refractivity contribution is -0.945. The van der Waals surface area contributed by atoms with Gasteiger partial charge >= 0.3 is 5.63 Å². The van der Waals surface area contributed by atoms with E-state index in [-0.39, 0.29) is 5.63 Å². The maximum atomic E-state index is 12.6. The van der Waals surface area contributed by atoms with Crippen molar-refractivity contribution in [2.45, 2.75) is 45.7 Å². The monoisotopic (exact) mass is 396 g/mol. The lowest BCUT2D eigenvalue weighted by Crippen LogP contribution is -3.10. The number of halogens is 1. The summed E-state index contributed by atoms with van der Waals surface area (Å²) in [6.07, 6.45) is 3.85. The SMILES string of the molecule is Cc1ccc(C[NH+]2COc3c(Cl)cc4c5c(c(=O)oc4c3C2)CCCC5)cc1. The second kappa shape index (κ2) is 6.94. The van der Waals surface area contributed by atoms with Crippen molar-refractivity contribution in [3.05, 3.63) is 73.6 Å². The fourth-order valence-electron chi connectivity index (χ4n) is 4.49. The van der Waals surface area contributed by atoms with E-state index in [1.165, 1.54) is 16.0 Å². The molecular formula is C23H23ClNO3+. The van der Waals surface area contributed by atoms with Gasteiger partial charge in [-0.2, -0.15) is 0 Å². The molecule has 0 amide bonds. The third kappa shape index (κ3) is 3.01. The molecule has 2 heterocycles. The molecule has 144 valence electrons. The smallest absolute Gasteiger partial charge is 0.339 e. The molecule has 1 aliphatic carbocycles. The van der Waals surface area contributed by atoms with Gasteiger partial charge in [-0.15, -0.1) is 0 Å². The Kier molecular flexibility index (Phi) is 4.41. The highest BCUT2D eigenvalue weighted by atomic mass is 35.5. The van der Waals surface area contributed by atoms with Gasteiger partial charge in [0.2, 0.25) is 6.73 Å². The number of fused-ring (bicyclic) bond motifs is 5. The second-order valence-corrected chi connectivity index (χ2v) is 8.38. The summed E-state index contributed by atoms with van der Waals surface area (Å²) < 4.78 is 11.8. The van der Waals surface area contributed by atoms with Crippen LogP contribution in [0.4, 0.5) is 0 Å². The van der Waals surface area contributed by atoms with Crippen LogP contribution in [-0.2, 0) is 25.9 Å². The molecule has 0 bridgehead atoms. The molecular weight excluding hydrogens is 374 g/mol. The Morgan fingerprint density at radius 3 is 2.61 bits per heavy atom. The molecule has 2 aromatic carbocycles. The van der Waals surface area contributed by atoms with E-state index in [0.717, 1.165) is 60.8 Å². The van der Waals surface area contributed by atoms with Crippen molar-refractivity contribution in [2.75, 3.05) is 6.73 Å². The van der Waals surface area contributed by atoms with E-state index in [1.807, 2.05) is 6.07 Å². The molecule has 0 radical (unpaired) electrons. The zero-order valence-corrected chi connectivity index (χ0v) is 16.7. The van der Waals surface area contributed by atoms with E-state index in [9.17, 15) is 4.79 Å². The quantitative estimate of drug-likeness (QED) is 0.673. The summed E-state index contributed by atoms with van der Waals surface area (Å²) in [4.78, 5) is 13.9. The number of benzene rings is 2. The van der Waals surface area contributed by atoms with Crippen LogP contribution < -0.4 is 15.3 Å². The van der Waals surface area contributed by atoms with Crippen LogP contribution in [0.5, 0.6) is 5.75 Å². The fraction of sp³-hybridized carbons (Fsp3) is 0.348. The molecule has 1 unspecified atom stereocenters. The molecule has 1 N–H and O–H groups in total. The molecule has 3 aromatic rings. The van der Waals surface area contributed by atoms with Gasteiger partial charge in [0.15, 0.2) is 11.3 Å².